The Morgan fingerprint density at radius 1 is 0.923 bits per heavy atom. The van der Waals surface area contributed by atoms with Crippen molar-refractivity contribution in [1.82, 2.24) is 5.32 Å². The number of ether oxygens (including phenoxy) is 2. The Labute approximate surface area is 152 Å². The molecule has 0 bridgehead atoms. The first-order valence-corrected chi connectivity index (χ1v) is 8.16. The second kappa shape index (κ2) is 9.36. The van der Waals surface area contributed by atoms with E-state index in [1.165, 1.54) is 0 Å². The molecule has 1 amide bonds. The molecular weight excluding hydrogens is 334 g/mol. The van der Waals surface area contributed by atoms with Crippen LogP contribution in [0.3, 0.4) is 0 Å². The zero-order valence-corrected chi connectivity index (χ0v) is 14.8. The van der Waals surface area contributed by atoms with Gasteiger partial charge in [-0.3, -0.25) is 14.4 Å². The van der Waals surface area contributed by atoms with Crippen LogP contribution in [-0.4, -0.2) is 37.4 Å². The Balaban J connectivity index is 1.68. The normalized spacial score (nSPS) is 10.1. The molecule has 0 saturated heterocycles. The predicted molar refractivity (Wildman–Crippen MR) is 96.2 cm³/mol. The molecule has 0 heterocycles. The van der Waals surface area contributed by atoms with Gasteiger partial charge in [-0.05, 0) is 43.2 Å². The number of benzene rings is 2. The fraction of sp³-hybridized carbons (Fsp3) is 0.250. The van der Waals surface area contributed by atoms with Gasteiger partial charge in [0.05, 0.1) is 0 Å². The summed E-state index contributed by atoms with van der Waals surface area (Å²) in [6.45, 7) is 2.97. The molecule has 0 aliphatic rings. The smallest absolute Gasteiger partial charge is 0.325 e. The van der Waals surface area contributed by atoms with Crippen LogP contribution in [0.2, 0.25) is 0 Å². The van der Waals surface area contributed by atoms with Crippen LogP contribution in [0.4, 0.5) is 0 Å². The van der Waals surface area contributed by atoms with E-state index in [2.05, 4.69) is 5.32 Å². The average Bonchev–Trinajstić information content (AvgIpc) is 2.65. The third-order valence-electron chi connectivity index (χ3n) is 3.74. The molecule has 26 heavy (non-hydrogen) atoms. The molecule has 0 atom stereocenters. The number of Topliss-reactive ketones (excluding diaryl/α,β-unsaturated/α-hetero) is 1. The molecule has 0 aliphatic heterocycles. The van der Waals surface area contributed by atoms with Gasteiger partial charge in [0.25, 0.3) is 5.91 Å². The molecule has 1 N–H and O–H groups in total. The Morgan fingerprint density at radius 3 is 2.35 bits per heavy atom. The Kier molecular flexibility index (Phi) is 6.91. The van der Waals surface area contributed by atoms with Gasteiger partial charge in [-0.2, -0.15) is 0 Å². The summed E-state index contributed by atoms with van der Waals surface area (Å²) in [6.07, 6.45) is 0. The van der Waals surface area contributed by atoms with Crippen molar-refractivity contribution in [3.63, 3.8) is 0 Å². The highest BCUT2D eigenvalue weighted by molar-refractivity contribution is 5.98. The lowest BCUT2D eigenvalue weighted by molar-refractivity contribution is -0.143. The molecule has 0 unspecified atom stereocenters. The van der Waals surface area contributed by atoms with Gasteiger partial charge in [0.1, 0.15) is 12.3 Å². The molecule has 6 nitrogen and oxygen atoms in total. The SMILES string of the molecule is Cc1ccc(C(=O)COC(=O)CNC(=O)COc2ccccc2)cc1C. The first-order valence-electron chi connectivity index (χ1n) is 8.16. The molecule has 2 aromatic rings. The predicted octanol–water partition coefficient (Wildman–Crippen LogP) is 2.22. The summed E-state index contributed by atoms with van der Waals surface area (Å²) in [5.41, 5.74) is 2.56. The molecule has 136 valence electrons. The van der Waals surface area contributed by atoms with Gasteiger partial charge in [0.2, 0.25) is 0 Å². The number of ketones is 1. The zero-order valence-electron chi connectivity index (χ0n) is 14.8. The summed E-state index contributed by atoms with van der Waals surface area (Å²) >= 11 is 0. The van der Waals surface area contributed by atoms with E-state index < -0.39 is 11.9 Å². The summed E-state index contributed by atoms with van der Waals surface area (Å²) in [5.74, 6) is -0.870. The Hall–Kier alpha value is -3.15. The van der Waals surface area contributed by atoms with Gasteiger partial charge < -0.3 is 14.8 Å². The quantitative estimate of drug-likeness (QED) is 0.580. The van der Waals surface area contributed by atoms with Crippen LogP contribution in [0, 0.1) is 13.8 Å². The number of esters is 1. The van der Waals surface area contributed by atoms with Crippen molar-refractivity contribution in [3.05, 3.63) is 65.2 Å². The van der Waals surface area contributed by atoms with Gasteiger partial charge in [0, 0.05) is 5.56 Å². The summed E-state index contributed by atoms with van der Waals surface area (Å²) < 4.78 is 10.2. The van der Waals surface area contributed by atoms with Crippen molar-refractivity contribution < 1.29 is 23.9 Å². The molecule has 0 radical (unpaired) electrons. The van der Waals surface area contributed by atoms with Crippen LogP contribution in [0.1, 0.15) is 21.5 Å². The van der Waals surface area contributed by atoms with E-state index in [1.807, 2.05) is 26.0 Å². The lowest BCUT2D eigenvalue weighted by atomic mass is 10.0. The Bertz CT molecular complexity index is 786. The van der Waals surface area contributed by atoms with Crippen LogP contribution in [0.5, 0.6) is 5.75 Å². The lowest BCUT2D eigenvalue weighted by Gasteiger charge is -2.08. The van der Waals surface area contributed by atoms with E-state index in [0.29, 0.717) is 11.3 Å². The van der Waals surface area contributed by atoms with Gasteiger partial charge >= 0.3 is 5.97 Å². The number of nitrogens with one attached hydrogen (secondary N) is 1. The van der Waals surface area contributed by atoms with E-state index in [0.717, 1.165) is 11.1 Å². The van der Waals surface area contributed by atoms with E-state index in [9.17, 15) is 14.4 Å². The topological polar surface area (TPSA) is 81.7 Å². The molecular formula is C20H21NO5. The third-order valence-corrected chi connectivity index (χ3v) is 3.74. The van der Waals surface area contributed by atoms with Crippen molar-refractivity contribution in [3.8, 4) is 5.75 Å². The summed E-state index contributed by atoms with van der Waals surface area (Å²) in [4.78, 5) is 35.3. The highest BCUT2D eigenvalue weighted by atomic mass is 16.5. The average molecular weight is 355 g/mol. The first kappa shape index (κ1) is 19.2. The van der Waals surface area contributed by atoms with Gasteiger partial charge in [-0.1, -0.05) is 30.3 Å². The maximum atomic E-state index is 12.0. The zero-order chi connectivity index (χ0) is 18.9. The van der Waals surface area contributed by atoms with Crippen molar-refractivity contribution >= 4 is 17.7 Å². The molecule has 0 aliphatic carbocycles. The fourth-order valence-corrected chi connectivity index (χ4v) is 2.08. The molecule has 0 spiro atoms. The van der Waals surface area contributed by atoms with Crippen molar-refractivity contribution in [2.45, 2.75) is 13.8 Å². The lowest BCUT2D eigenvalue weighted by Crippen LogP contribution is -2.34. The second-order valence-electron chi connectivity index (χ2n) is 5.76. The van der Waals surface area contributed by atoms with E-state index in [4.69, 9.17) is 9.47 Å². The summed E-state index contributed by atoms with van der Waals surface area (Å²) in [5, 5.41) is 2.38. The minimum atomic E-state index is -0.685. The van der Waals surface area contributed by atoms with Crippen LogP contribution in [0.15, 0.2) is 48.5 Å². The third kappa shape index (κ3) is 6.05. The van der Waals surface area contributed by atoms with Crippen LogP contribution < -0.4 is 10.1 Å². The Morgan fingerprint density at radius 2 is 1.65 bits per heavy atom. The van der Waals surface area contributed by atoms with Gasteiger partial charge in [0.15, 0.2) is 19.0 Å². The van der Waals surface area contributed by atoms with Crippen LogP contribution in [-0.2, 0) is 14.3 Å². The van der Waals surface area contributed by atoms with Crippen molar-refractivity contribution in [2.24, 2.45) is 0 Å². The van der Waals surface area contributed by atoms with E-state index >= 15 is 0 Å². The molecule has 2 aromatic carbocycles. The number of rotatable bonds is 8. The summed E-state index contributed by atoms with van der Waals surface area (Å²) in [6, 6.07) is 14.2. The highest BCUT2D eigenvalue weighted by Gasteiger charge is 2.12. The fourth-order valence-electron chi connectivity index (χ4n) is 2.08. The highest BCUT2D eigenvalue weighted by Crippen LogP contribution is 2.10. The number of para-hydroxylation sites is 1. The second-order valence-corrected chi connectivity index (χ2v) is 5.76. The molecule has 6 heteroatoms. The number of hydrogen-bond acceptors (Lipinski definition) is 5. The number of amides is 1. The number of hydrogen-bond donors (Lipinski definition) is 1. The number of carbonyl (C=O) groups excluding carboxylic acids is 3. The van der Waals surface area contributed by atoms with Crippen LogP contribution in [0.25, 0.3) is 0 Å². The van der Waals surface area contributed by atoms with E-state index in [-0.39, 0.29) is 25.5 Å². The molecule has 0 fully saturated rings. The largest absolute Gasteiger partial charge is 0.484 e. The minimum absolute atomic E-state index is 0.209. The van der Waals surface area contributed by atoms with E-state index in [1.54, 1.807) is 36.4 Å². The number of aryl methyl sites for hydroxylation is 2. The number of carbonyl (C=O) groups is 3. The summed E-state index contributed by atoms with van der Waals surface area (Å²) in [7, 11) is 0. The molecule has 0 saturated carbocycles. The molecule has 2 rings (SSSR count). The standard InChI is InChI=1S/C20H21NO5/c1-14-8-9-16(10-15(14)2)18(22)12-26-20(24)11-21-19(23)13-25-17-6-4-3-5-7-17/h3-10H,11-13H2,1-2H3,(H,21,23). The monoisotopic (exact) mass is 355 g/mol. The minimum Gasteiger partial charge on any atom is -0.484 e. The van der Waals surface area contributed by atoms with Crippen LogP contribution >= 0.6 is 0 Å². The van der Waals surface area contributed by atoms with Gasteiger partial charge in [-0.25, -0.2) is 0 Å². The molecule has 0 aromatic heterocycles. The first-order chi connectivity index (χ1) is 12.5. The van der Waals surface area contributed by atoms with Crippen molar-refractivity contribution in [1.29, 1.82) is 0 Å². The maximum absolute atomic E-state index is 12.0. The maximum Gasteiger partial charge on any atom is 0.325 e. The van der Waals surface area contributed by atoms with Crippen molar-refractivity contribution in [2.75, 3.05) is 19.8 Å². The van der Waals surface area contributed by atoms with Gasteiger partial charge in [-0.15, -0.1) is 0 Å².